The molecule has 0 spiro atoms. The first-order chi connectivity index (χ1) is 9.82. The Morgan fingerprint density at radius 3 is 2.76 bits per heavy atom. The Balaban J connectivity index is 2.53. The van der Waals surface area contributed by atoms with Crippen molar-refractivity contribution in [2.75, 3.05) is 12.3 Å². The van der Waals surface area contributed by atoms with Crippen molar-refractivity contribution in [3.63, 3.8) is 0 Å². The number of nitrogens with two attached hydrogens (primary N) is 1. The van der Waals surface area contributed by atoms with Gasteiger partial charge in [0.05, 0.1) is 12.2 Å². The first kappa shape index (κ1) is 15.3. The SMILES string of the molecule is Nc1nc(=O)n(C2OC(CO)C(F)C2(F)F)cc1C#CF. The fraction of sp³-hybridized carbons (Fsp3) is 0.455. The summed E-state index contributed by atoms with van der Waals surface area (Å²) in [4.78, 5) is 14.8. The number of aliphatic hydroxyl groups is 1. The number of aliphatic hydroxyl groups excluding tert-OH is 1. The molecule has 0 radical (unpaired) electrons. The molecule has 1 aliphatic rings. The summed E-state index contributed by atoms with van der Waals surface area (Å²) in [5, 5.41) is 8.79. The van der Waals surface area contributed by atoms with Gasteiger partial charge in [0.25, 0.3) is 0 Å². The van der Waals surface area contributed by atoms with Gasteiger partial charge in [-0.15, -0.1) is 4.39 Å². The summed E-state index contributed by atoms with van der Waals surface area (Å²) < 4.78 is 57.9. The van der Waals surface area contributed by atoms with E-state index in [-0.39, 0.29) is 10.1 Å². The minimum absolute atomic E-state index is 0.262. The van der Waals surface area contributed by atoms with Crippen LogP contribution in [0.15, 0.2) is 11.0 Å². The molecule has 0 amide bonds. The van der Waals surface area contributed by atoms with Gasteiger partial charge in [0.15, 0.2) is 6.17 Å². The van der Waals surface area contributed by atoms with Gasteiger partial charge in [0, 0.05) is 6.20 Å². The average Bonchev–Trinajstić information content (AvgIpc) is 2.65. The number of anilines is 1. The van der Waals surface area contributed by atoms with Gasteiger partial charge in [-0.2, -0.15) is 13.8 Å². The zero-order valence-electron chi connectivity index (χ0n) is 10.3. The zero-order chi connectivity index (χ0) is 15.8. The highest BCUT2D eigenvalue weighted by Gasteiger charge is 2.60. The summed E-state index contributed by atoms with van der Waals surface area (Å²) in [6.07, 6.45) is -5.27. The molecule has 0 aliphatic carbocycles. The largest absolute Gasteiger partial charge is 0.394 e. The van der Waals surface area contributed by atoms with Gasteiger partial charge in [-0.05, 0) is 5.92 Å². The van der Waals surface area contributed by atoms with E-state index in [1.807, 2.05) is 5.92 Å². The normalized spacial score (nSPS) is 27.2. The number of nitrogens with zero attached hydrogens (tertiary/aromatic N) is 2. The summed E-state index contributed by atoms with van der Waals surface area (Å²) in [7, 11) is 0. The molecule has 0 saturated carbocycles. The number of halogens is 4. The third-order valence-corrected chi connectivity index (χ3v) is 2.92. The summed E-state index contributed by atoms with van der Waals surface area (Å²) >= 11 is 0. The minimum Gasteiger partial charge on any atom is -0.394 e. The van der Waals surface area contributed by atoms with Gasteiger partial charge in [-0.25, -0.2) is 9.18 Å². The van der Waals surface area contributed by atoms with Gasteiger partial charge >= 0.3 is 11.6 Å². The summed E-state index contributed by atoms with van der Waals surface area (Å²) in [6.45, 7) is -0.998. The van der Waals surface area contributed by atoms with Crippen LogP contribution in [0.1, 0.15) is 11.8 Å². The number of hydrogen-bond acceptors (Lipinski definition) is 5. The van der Waals surface area contributed by atoms with Crippen molar-refractivity contribution < 1.29 is 27.4 Å². The van der Waals surface area contributed by atoms with E-state index in [0.717, 1.165) is 6.17 Å². The van der Waals surface area contributed by atoms with Crippen molar-refractivity contribution in [2.45, 2.75) is 24.4 Å². The Morgan fingerprint density at radius 2 is 2.24 bits per heavy atom. The van der Waals surface area contributed by atoms with Crippen molar-refractivity contribution in [2.24, 2.45) is 0 Å². The molecule has 3 unspecified atom stereocenters. The van der Waals surface area contributed by atoms with Crippen LogP contribution in [0.3, 0.4) is 0 Å². The van der Waals surface area contributed by atoms with Crippen LogP contribution in [0.25, 0.3) is 0 Å². The molecule has 3 N–H and O–H groups in total. The Morgan fingerprint density at radius 1 is 1.57 bits per heavy atom. The molecule has 1 saturated heterocycles. The summed E-state index contributed by atoms with van der Waals surface area (Å²) in [5.41, 5.74) is 3.71. The van der Waals surface area contributed by atoms with Crippen molar-refractivity contribution in [1.82, 2.24) is 9.55 Å². The van der Waals surface area contributed by atoms with Gasteiger partial charge in [-0.1, -0.05) is 0 Å². The maximum atomic E-state index is 13.8. The number of ether oxygens (including phenoxy) is 1. The lowest BCUT2D eigenvalue weighted by molar-refractivity contribution is -0.130. The van der Waals surface area contributed by atoms with Gasteiger partial charge in [0.2, 0.25) is 6.23 Å². The Bertz CT molecular complexity index is 667. The Labute approximate surface area is 115 Å². The lowest BCUT2D eigenvalue weighted by Crippen LogP contribution is -2.40. The van der Waals surface area contributed by atoms with E-state index >= 15 is 0 Å². The van der Waals surface area contributed by atoms with E-state index in [4.69, 9.17) is 10.8 Å². The average molecular weight is 307 g/mol. The first-order valence-corrected chi connectivity index (χ1v) is 5.61. The second kappa shape index (κ2) is 5.34. The van der Waals surface area contributed by atoms with Crippen LogP contribution in [0.4, 0.5) is 23.4 Å². The Kier molecular flexibility index (Phi) is 3.89. The van der Waals surface area contributed by atoms with Gasteiger partial charge < -0.3 is 15.6 Å². The molecule has 21 heavy (non-hydrogen) atoms. The zero-order valence-corrected chi connectivity index (χ0v) is 10.3. The van der Waals surface area contributed by atoms with Crippen molar-refractivity contribution >= 4 is 5.82 Å². The smallest absolute Gasteiger partial charge is 0.351 e. The van der Waals surface area contributed by atoms with Crippen molar-refractivity contribution in [3.05, 3.63) is 22.2 Å². The molecule has 114 valence electrons. The fourth-order valence-electron chi connectivity index (χ4n) is 1.89. The predicted octanol–water partition coefficient (Wildman–Crippen LogP) is -0.0329. The summed E-state index contributed by atoms with van der Waals surface area (Å²) in [6, 6.07) is 0. The highest BCUT2D eigenvalue weighted by Crippen LogP contribution is 2.43. The monoisotopic (exact) mass is 307 g/mol. The lowest BCUT2D eigenvalue weighted by Gasteiger charge is -2.20. The maximum absolute atomic E-state index is 13.8. The molecule has 0 bridgehead atoms. The lowest BCUT2D eigenvalue weighted by atomic mass is 10.1. The van der Waals surface area contributed by atoms with Crippen molar-refractivity contribution in [1.29, 1.82) is 0 Å². The Hall–Kier alpha value is -2.12. The molecule has 2 rings (SSSR count). The standard InChI is InChI=1S/C11H9F4N3O3/c12-2-1-5-3-18(10(20)17-8(5)16)9-11(14,15)7(13)6(4-19)21-9/h3,6-7,9,19H,4H2,(H2,16,17,20). The molecular weight excluding hydrogens is 298 g/mol. The van der Waals surface area contributed by atoms with Crippen LogP contribution in [0, 0.1) is 12.1 Å². The highest BCUT2D eigenvalue weighted by atomic mass is 19.3. The quantitative estimate of drug-likeness (QED) is 0.591. The van der Waals surface area contributed by atoms with Crippen LogP contribution in [-0.4, -0.2) is 39.5 Å². The second-order valence-electron chi connectivity index (χ2n) is 4.23. The molecule has 1 aromatic heterocycles. The van der Waals surface area contributed by atoms with E-state index in [1.54, 1.807) is 0 Å². The van der Waals surface area contributed by atoms with Crippen molar-refractivity contribution in [3.8, 4) is 12.1 Å². The number of nitrogen functional groups attached to an aromatic ring is 1. The van der Waals surface area contributed by atoms with Crippen LogP contribution >= 0.6 is 0 Å². The van der Waals surface area contributed by atoms with E-state index in [9.17, 15) is 22.4 Å². The van der Waals surface area contributed by atoms with Crippen LogP contribution in [-0.2, 0) is 4.74 Å². The van der Waals surface area contributed by atoms with E-state index < -0.39 is 42.5 Å². The van der Waals surface area contributed by atoms with E-state index in [2.05, 4.69) is 9.72 Å². The number of rotatable bonds is 2. The molecule has 1 aliphatic heterocycles. The molecule has 1 fully saturated rings. The molecule has 0 aromatic carbocycles. The van der Waals surface area contributed by atoms with Crippen LogP contribution < -0.4 is 11.4 Å². The van der Waals surface area contributed by atoms with E-state index in [1.165, 1.54) is 0 Å². The third kappa shape index (κ3) is 2.45. The topological polar surface area (TPSA) is 90.4 Å². The maximum Gasteiger partial charge on any atom is 0.351 e. The molecule has 2 heterocycles. The van der Waals surface area contributed by atoms with E-state index in [0.29, 0.717) is 6.20 Å². The number of alkyl halides is 3. The molecule has 3 atom stereocenters. The third-order valence-electron chi connectivity index (χ3n) is 2.92. The van der Waals surface area contributed by atoms with Gasteiger partial charge in [0.1, 0.15) is 18.1 Å². The number of hydrogen-bond donors (Lipinski definition) is 2. The van der Waals surface area contributed by atoms with Crippen LogP contribution in [0.2, 0.25) is 0 Å². The number of aromatic nitrogens is 2. The molecule has 10 heteroatoms. The summed E-state index contributed by atoms with van der Waals surface area (Å²) in [5.74, 6) is -2.72. The molecule has 1 aromatic rings. The first-order valence-electron chi connectivity index (χ1n) is 5.61. The predicted molar refractivity (Wildman–Crippen MR) is 61.7 cm³/mol. The minimum atomic E-state index is -4.09. The molecule has 6 nitrogen and oxygen atoms in total. The highest BCUT2D eigenvalue weighted by molar-refractivity contribution is 5.48. The van der Waals surface area contributed by atoms with Crippen LogP contribution in [0.5, 0.6) is 0 Å². The molecular formula is C11H9F4N3O3. The second-order valence-corrected chi connectivity index (χ2v) is 4.23. The van der Waals surface area contributed by atoms with Gasteiger partial charge in [-0.3, -0.25) is 4.57 Å². The fourth-order valence-corrected chi connectivity index (χ4v) is 1.89.